The predicted octanol–water partition coefficient (Wildman–Crippen LogP) is 3.27. The van der Waals surface area contributed by atoms with Crippen LogP contribution in [-0.2, 0) is 16.0 Å². The maximum atomic E-state index is 13.4. The maximum absolute atomic E-state index is 13.4. The van der Waals surface area contributed by atoms with Gasteiger partial charge in [-0.25, -0.2) is 4.79 Å². The summed E-state index contributed by atoms with van der Waals surface area (Å²) in [5, 5.41) is 16.4. The van der Waals surface area contributed by atoms with Crippen molar-refractivity contribution < 1.29 is 33.3 Å². The lowest BCUT2D eigenvalue weighted by Crippen LogP contribution is -2.43. The lowest BCUT2D eigenvalue weighted by molar-refractivity contribution is -0.126. The molecule has 200 valence electrons. The smallest absolute Gasteiger partial charge is 0.343 e. The second kappa shape index (κ2) is 11.3. The van der Waals surface area contributed by atoms with Gasteiger partial charge in [0.2, 0.25) is 17.6 Å². The number of para-hydroxylation sites is 1. The second-order valence-electron chi connectivity index (χ2n) is 8.93. The van der Waals surface area contributed by atoms with Crippen molar-refractivity contribution in [1.29, 1.82) is 0 Å². The fraction of sp³-hybridized carbons (Fsp3) is 0.321. The van der Waals surface area contributed by atoms with Crippen molar-refractivity contribution in [2.24, 2.45) is 0 Å². The summed E-state index contributed by atoms with van der Waals surface area (Å²) in [7, 11) is 4.33. The van der Waals surface area contributed by atoms with E-state index in [0.717, 1.165) is 5.56 Å². The normalized spacial score (nSPS) is 15.5. The van der Waals surface area contributed by atoms with E-state index in [2.05, 4.69) is 10.6 Å². The zero-order valence-corrected chi connectivity index (χ0v) is 21.6. The van der Waals surface area contributed by atoms with Crippen molar-refractivity contribution in [3.8, 4) is 23.0 Å². The zero-order valence-electron chi connectivity index (χ0n) is 21.6. The van der Waals surface area contributed by atoms with Crippen molar-refractivity contribution in [2.45, 2.75) is 38.1 Å². The van der Waals surface area contributed by atoms with Crippen molar-refractivity contribution >= 4 is 17.5 Å². The molecule has 38 heavy (non-hydrogen) atoms. The molecule has 3 N–H and O–H groups in total. The van der Waals surface area contributed by atoms with E-state index in [1.807, 2.05) is 24.3 Å². The van der Waals surface area contributed by atoms with E-state index in [9.17, 15) is 19.5 Å². The van der Waals surface area contributed by atoms with E-state index in [1.165, 1.54) is 34.3 Å². The number of carbonyl (C=O) groups is 2. The molecule has 0 bridgehead atoms. The average molecular weight is 523 g/mol. The highest BCUT2D eigenvalue weighted by Gasteiger charge is 2.32. The fourth-order valence-corrected chi connectivity index (χ4v) is 4.78. The summed E-state index contributed by atoms with van der Waals surface area (Å²) >= 11 is 0. The number of aryl methyl sites for hydroxylation is 2. The first-order valence-corrected chi connectivity index (χ1v) is 12.1. The number of hydrogen-bond donors (Lipinski definition) is 3. The molecular formula is C28H30N2O8. The van der Waals surface area contributed by atoms with Crippen LogP contribution in [0.4, 0.5) is 5.69 Å². The quantitative estimate of drug-likeness (QED) is 0.410. The van der Waals surface area contributed by atoms with Gasteiger partial charge in [-0.1, -0.05) is 24.3 Å². The van der Waals surface area contributed by atoms with Crippen molar-refractivity contribution in [2.75, 3.05) is 26.6 Å². The molecule has 4 rings (SSSR count). The van der Waals surface area contributed by atoms with Gasteiger partial charge in [-0.3, -0.25) is 9.59 Å². The molecule has 2 heterocycles. The highest BCUT2D eigenvalue weighted by atomic mass is 16.5. The van der Waals surface area contributed by atoms with Crippen LogP contribution in [0.3, 0.4) is 0 Å². The minimum Gasteiger partial charge on any atom is -0.507 e. The molecule has 0 aliphatic carbocycles. The Balaban J connectivity index is 1.70. The van der Waals surface area contributed by atoms with Gasteiger partial charge < -0.3 is 34.4 Å². The number of benzene rings is 2. The number of ether oxygens (including phenoxy) is 3. The van der Waals surface area contributed by atoms with Gasteiger partial charge in [0, 0.05) is 29.7 Å². The van der Waals surface area contributed by atoms with Gasteiger partial charge in [-0.2, -0.15) is 0 Å². The van der Waals surface area contributed by atoms with Crippen LogP contribution in [0.15, 0.2) is 51.7 Å². The summed E-state index contributed by atoms with van der Waals surface area (Å²) in [6, 6.07) is 11.2. The van der Waals surface area contributed by atoms with Gasteiger partial charge in [-0.05, 0) is 37.5 Å². The lowest BCUT2D eigenvalue weighted by atomic mass is 9.87. The second-order valence-corrected chi connectivity index (χ2v) is 8.93. The number of fused-ring (bicyclic) bond motifs is 1. The fourth-order valence-electron chi connectivity index (χ4n) is 4.78. The minimum absolute atomic E-state index is 0.117. The summed E-state index contributed by atoms with van der Waals surface area (Å²) in [6.45, 7) is 1.53. The Labute approximate surface area is 219 Å². The van der Waals surface area contributed by atoms with Crippen molar-refractivity contribution in [3.63, 3.8) is 0 Å². The van der Waals surface area contributed by atoms with Crippen LogP contribution < -0.4 is 30.5 Å². The first-order chi connectivity index (χ1) is 18.3. The summed E-state index contributed by atoms with van der Waals surface area (Å²) in [5.74, 6) is -1.07. The van der Waals surface area contributed by atoms with Gasteiger partial charge >= 0.3 is 5.63 Å². The number of methoxy groups -OCH3 is 3. The van der Waals surface area contributed by atoms with Crippen molar-refractivity contribution in [1.82, 2.24) is 5.32 Å². The zero-order chi connectivity index (χ0) is 27.4. The number of aromatic hydroxyl groups is 1. The summed E-state index contributed by atoms with van der Waals surface area (Å²) in [4.78, 5) is 39.1. The van der Waals surface area contributed by atoms with Crippen LogP contribution in [0.5, 0.6) is 23.0 Å². The van der Waals surface area contributed by atoms with Gasteiger partial charge in [-0.15, -0.1) is 0 Å². The Kier molecular flexibility index (Phi) is 7.90. The Morgan fingerprint density at radius 1 is 1.11 bits per heavy atom. The maximum Gasteiger partial charge on any atom is 0.343 e. The van der Waals surface area contributed by atoms with Gasteiger partial charge in [0.25, 0.3) is 0 Å². The standard InChI is InChI=1S/C28H30N2O8/c1-15-13-21(31)24(28(34)38-15)18(17-10-12-22(35-2)26(37-4)25(17)36-3)14-23(32)29-20-11-9-16-7-5-6-8-19(16)30-27(20)33/h5-8,10,12-13,18,20,31H,9,11,14H2,1-4H3,(H,29,32)(H,30,33)/t18-,20+/m0/s1. The molecule has 0 saturated heterocycles. The molecule has 1 aliphatic rings. The van der Waals surface area contributed by atoms with E-state index in [1.54, 1.807) is 12.1 Å². The van der Waals surface area contributed by atoms with Crippen LogP contribution in [-0.4, -0.2) is 44.3 Å². The largest absolute Gasteiger partial charge is 0.507 e. The third-order valence-corrected chi connectivity index (χ3v) is 6.57. The first kappa shape index (κ1) is 26.6. The third kappa shape index (κ3) is 5.29. The molecule has 3 aromatic rings. The van der Waals surface area contributed by atoms with E-state index < -0.39 is 23.5 Å². The number of hydrogen-bond acceptors (Lipinski definition) is 8. The van der Waals surface area contributed by atoms with Crippen LogP contribution in [0.25, 0.3) is 0 Å². The molecule has 1 aromatic heterocycles. The average Bonchev–Trinajstić information content (AvgIpc) is 3.04. The van der Waals surface area contributed by atoms with Gasteiger partial charge in [0.1, 0.15) is 17.6 Å². The summed E-state index contributed by atoms with van der Waals surface area (Å²) < 4.78 is 21.7. The van der Waals surface area contributed by atoms with E-state index in [0.29, 0.717) is 29.8 Å². The molecule has 0 radical (unpaired) electrons. The number of carbonyl (C=O) groups excluding carboxylic acids is 2. The number of rotatable bonds is 8. The number of amides is 2. The molecule has 0 saturated carbocycles. The number of nitrogens with one attached hydrogen (secondary N) is 2. The summed E-state index contributed by atoms with van der Waals surface area (Å²) in [5.41, 5.74) is 1.18. The van der Waals surface area contributed by atoms with Crippen LogP contribution in [0.2, 0.25) is 0 Å². The Morgan fingerprint density at radius 2 is 1.84 bits per heavy atom. The number of anilines is 1. The molecule has 10 nitrogen and oxygen atoms in total. The Morgan fingerprint density at radius 3 is 2.53 bits per heavy atom. The SMILES string of the molecule is COc1ccc([C@H](CC(=O)N[C@@H]2CCc3ccccc3NC2=O)c2c(O)cc(C)oc2=O)c(OC)c1OC. The third-order valence-electron chi connectivity index (χ3n) is 6.57. The minimum atomic E-state index is -0.993. The van der Waals surface area contributed by atoms with E-state index in [-0.39, 0.29) is 40.9 Å². The van der Waals surface area contributed by atoms with Gasteiger partial charge in [0.15, 0.2) is 11.5 Å². The molecule has 0 spiro atoms. The summed E-state index contributed by atoms with van der Waals surface area (Å²) in [6.07, 6.45) is 0.704. The Hall–Kier alpha value is -4.47. The van der Waals surface area contributed by atoms with Crippen LogP contribution >= 0.6 is 0 Å². The molecule has 0 unspecified atom stereocenters. The van der Waals surface area contributed by atoms with E-state index >= 15 is 0 Å². The lowest BCUT2D eigenvalue weighted by Gasteiger charge is -2.23. The molecular weight excluding hydrogens is 492 g/mol. The van der Waals surface area contributed by atoms with Crippen LogP contribution in [0.1, 0.15) is 41.2 Å². The highest BCUT2D eigenvalue weighted by Crippen LogP contribution is 2.46. The monoisotopic (exact) mass is 522 g/mol. The van der Waals surface area contributed by atoms with Gasteiger partial charge in [0.05, 0.1) is 26.9 Å². The highest BCUT2D eigenvalue weighted by molar-refractivity contribution is 5.98. The van der Waals surface area contributed by atoms with Crippen molar-refractivity contribution in [3.05, 3.63) is 75.3 Å². The predicted molar refractivity (Wildman–Crippen MR) is 139 cm³/mol. The molecule has 2 aromatic carbocycles. The topological polar surface area (TPSA) is 136 Å². The molecule has 2 amide bonds. The molecule has 10 heteroatoms. The Bertz CT molecular complexity index is 1410. The van der Waals surface area contributed by atoms with Crippen LogP contribution in [0, 0.1) is 6.92 Å². The molecule has 1 aliphatic heterocycles. The van der Waals surface area contributed by atoms with E-state index in [4.69, 9.17) is 18.6 Å². The first-order valence-electron chi connectivity index (χ1n) is 12.1. The molecule has 2 atom stereocenters. The molecule has 0 fully saturated rings.